The number of fused-ring (bicyclic) bond motifs is 1. The van der Waals surface area contributed by atoms with Crippen LogP contribution in [0.5, 0.6) is 5.75 Å². The van der Waals surface area contributed by atoms with Crippen molar-refractivity contribution in [2.45, 2.75) is 24.8 Å². The summed E-state index contributed by atoms with van der Waals surface area (Å²) in [6, 6.07) is 13.8. The van der Waals surface area contributed by atoms with Crippen LogP contribution in [0.15, 0.2) is 48.7 Å². The average molecular weight is 388 g/mol. The molecule has 27 heavy (non-hydrogen) atoms. The third-order valence-electron chi connectivity index (χ3n) is 4.15. The molecule has 1 heterocycles. The standard InChI is InChI=1S/C18H20N4O4S/c1-27(24,25)17(18(19)23)8-9-22-11-15(20-21-22)12-26-16-7-6-13-4-2-3-5-14(13)10-16/h2-7,10-11,17H,8-9,12H2,1H3,(H2,19,23). The topological polar surface area (TPSA) is 117 Å². The van der Waals surface area contributed by atoms with Gasteiger partial charge in [0.1, 0.15) is 23.3 Å². The summed E-state index contributed by atoms with van der Waals surface area (Å²) in [6.45, 7) is 0.438. The predicted octanol–water partition coefficient (Wildman–Crippen LogP) is 1.30. The zero-order chi connectivity index (χ0) is 19.4. The number of carbonyl (C=O) groups is 1. The van der Waals surface area contributed by atoms with Crippen LogP contribution < -0.4 is 10.5 Å². The van der Waals surface area contributed by atoms with E-state index in [0.29, 0.717) is 11.4 Å². The molecule has 0 saturated heterocycles. The number of carbonyl (C=O) groups excluding carboxylic acids is 1. The van der Waals surface area contributed by atoms with Crippen molar-refractivity contribution in [3.05, 3.63) is 54.4 Å². The van der Waals surface area contributed by atoms with E-state index in [1.165, 1.54) is 4.68 Å². The van der Waals surface area contributed by atoms with Gasteiger partial charge in [-0.3, -0.25) is 9.48 Å². The molecule has 1 aromatic heterocycles. The van der Waals surface area contributed by atoms with Crippen molar-refractivity contribution in [1.29, 1.82) is 0 Å². The summed E-state index contributed by atoms with van der Waals surface area (Å²) in [6.07, 6.45) is 2.69. The Labute approximate surface area is 156 Å². The molecule has 0 aliphatic rings. The van der Waals surface area contributed by atoms with Crippen LogP contribution in [-0.2, 0) is 27.8 Å². The lowest BCUT2D eigenvalue weighted by Crippen LogP contribution is -2.36. The molecule has 2 aromatic carbocycles. The second-order valence-electron chi connectivity index (χ2n) is 6.28. The van der Waals surface area contributed by atoms with Gasteiger partial charge in [0.25, 0.3) is 0 Å². The van der Waals surface area contributed by atoms with E-state index in [1.54, 1.807) is 6.20 Å². The van der Waals surface area contributed by atoms with Crippen LogP contribution in [-0.4, -0.2) is 40.8 Å². The Morgan fingerprint density at radius 1 is 1.22 bits per heavy atom. The van der Waals surface area contributed by atoms with Gasteiger partial charge in [-0.1, -0.05) is 35.5 Å². The molecule has 1 unspecified atom stereocenters. The number of aryl methyl sites for hydroxylation is 1. The minimum absolute atomic E-state index is 0.0441. The Morgan fingerprint density at radius 3 is 2.67 bits per heavy atom. The number of nitrogens with two attached hydrogens (primary N) is 1. The van der Waals surface area contributed by atoms with Gasteiger partial charge >= 0.3 is 0 Å². The number of hydrogen-bond acceptors (Lipinski definition) is 6. The van der Waals surface area contributed by atoms with Gasteiger partial charge in [-0.2, -0.15) is 0 Å². The van der Waals surface area contributed by atoms with Crippen LogP contribution in [0.1, 0.15) is 12.1 Å². The summed E-state index contributed by atoms with van der Waals surface area (Å²) in [7, 11) is -3.55. The Morgan fingerprint density at radius 2 is 1.96 bits per heavy atom. The maximum Gasteiger partial charge on any atom is 0.235 e. The van der Waals surface area contributed by atoms with Crippen molar-refractivity contribution in [3.63, 3.8) is 0 Å². The number of amides is 1. The van der Waals surface area contributed by atoms with Crippen molar-refractivity contribution >= 4 is 26.5 Å². The third kappa shape index (κ3) is 4.82. The molecule has 0 bridgehead atoms. The second-order valence-corrected chi connectivity index (χ2v) is 8.51. The van der Waals surface area contributed by atoms with Crippen LogP contribution in [0.4, 0.5) is 0 Å². The summed E-state index contributed by atoms with van der Waals surface area (Å²) >= 11 is 0. The van der Waals surface area contributed by atoms with E-state index >= 15 is 0 Å². The zero-order valence-corrected chi connectivity index (χ0v) is 15.6. The first-order valence-corrected chi connectivity index (χ1v) is 10.3. The van der Waals surface area contributed by atoms with E-state index in [4.69, 9.17) is 10.5 Å². The number of hydrogen-bond donors (Lipinski definition) is 1. The quantitative estimate of drug-likeness (QED) is 0.621. The number of ether oxygens (including phenoxy) is 1. The summed E-state index contributed by atoms with van der Waals surface area (Å²) < 4.78 is 30.4. The second kappa shape index (κ2) is 7.75. The Hall–Kier alpha value is -2.94. The van der Waals surface area contributed by atoms with Gasteiger partial charge in [0.15, 0.2) is 9.84 Å². The van der Waals surface area contributed by atoms with Crippen molar-refractivity contribution in [3.8, 4) is 5.75 Å². The Bertz CT molecular complexity index is 1060. The predicted molar refractivity (Wildman–Crippen MR) is 101 cm³/mol. The van der Waals surface area contributed by atoms with Crippen molar-refractivity contribution in [1.82, 2.24) is 15.0 Å². The molecule has 3 rings (SSSR count). The van der Waals surface area contributed by atoms with Crippen LogP contribution >= 0.6 is 0 Å². The Balaban J connectivity index is 1.59. The molecule has 1 atom stereocenters. The molecule has 9 heteroatoms. The van der Waals surface area contributed by atoms with E-state index in [0.717, 1.165) is 17.0 Å². The average Bonchev–Trinajstić information content (AvgIpc) is 3.06. The number of rotatable bonds is 8. The summed E-state index contributed by atoms with van der Waals surface area (Å²) in [5.41, 5.74) is 5.76. The molecule has 2 N–H and O–H groups in total. The zero-order valence-electron chi connectivity index (χ0n) is 14.8. The highest BCUT2D eigenvalue weighted by Crippen LogP contribution is 2.21. The van der Waals surface area contributed by atoms with Gasteiger partial charge in [-0.05, 0) is 29.3 Å². The SMILES string of the molecule is CS(=O)(=O)C(CCn1cc(COc2ccc3ccccc3c2)nn1)C(N)=O. The number of nitrogens with zero attached hydrogens (tertiary/aromatic N) is 3. The third-order valence-corrected chi connectivity index (χ3v) is 5.65. The maximum atomic E-state index is 11.6. The molecule has 8 nitrogen and oxygen atoms in total. The summed E-state index contributed by atoms with van der Waals surface area (Å²) in [4.78, 5) is 11.3. The van der Waals surface area contributed by atoms with Gasteiger partial charge in [0.05, 0.1) is 6.20 Å². The van der Waals surface area contributed by atoms with Gasteiger partial charge in [0.2, 0.25) is 5.91 Å². The highest BCUT2D eigenvalue weighted by Gasteiger charge is 2.26. The van der Waals surface area contributed by atoms with Crippen molar-refractivity contribution in [2.24, 2.45) is 5.73 Å². The fourth-order valence-electron chi connectivity index (χ4n) is 2.75. The van der Waals surface area contributed by atoms with Gasteiger partial charge in [0, 0.05) is 12.8 Å². The molecule has 0 radical (unpaired) electrons. The van der Waals surface area contributed by atoms with Crippen LogP contribution in [0.2, 0.25) is 0 Å². The largest absolute Gasteiger partial charge is 0.487 e. The number of sulfone groups is 1. The number of benzene rings is 2. The van der Waals surface area contributed by atoms with Crippen LogP contribution in [0.3, 0.4) is 0 Å². The molecular formula is C18H20N4O4S. The Kier molecular flexibility index (Phi) is 5.41. The van der Waals surface area contributed by atoms with E-state index in [9.17, 15) is 13.2 Å². The molecule has 0 aliphatic carbocycles. The first kappa shape index (κ1) is 18.8. The first-order chi connectivity index (χ1) is 12.8. The first-order valence-electron chi connectivity index (χ1n) is 8.32. The lowest BCUT2D eigenvalue weighted by atomic mass is 10.1. The highest BCUT2D eigenvalue weighted by molar-refractivity contribution is 7.92. The van der Waals surface area contributed by atoms with E-state index in [2.05, 4.69) is 10.3 Å². The number of primary amides is 1. The highest BCUT2D eigenvalue weighted by atomic mass is 32.2. The molecule has 0 saturated carbocycles. The fourth-order valence-corrected chi connectivity index (χ4v) is 3.70. The van der Waals surface area contributed by atoms with Crippen molar-refractivity contribution in [2.75, 3.05) is 6.26 Å². The molecular weight excluding hydrogens is 368 g/mol. The molecule has 0 spiro atoms. The number of aromatic nitrogens is 3. The van der Waals surface area contributed by atoms with Gasteiger partial charge < -0.3 is 10.5 Å². The minimum atomic E-state index is -3.55. The maximum absolute atomic E-state index is 11.6. The van der Waals surface area contributed by atoms with E-state index in [1.807, 2.05) is 42.5 Å². The van der Waals surface area contributed by atoms with Crippen LogP contribution in [0, 0.1) is 0 Å². The smallest absolute Gasteiger partial charge is 0.235 e. The molecule has 3 aromatic rings. The monoisotopic (exact) mass is 388 g/mol. The summed E-state index contributed by atoms with van der Waals surface area (Å²) in [5, 5.41) is 8.91. The molecule has 0 aliphatic heterocycles. The van der Waals surface area contributed by atoms with E-state index < -0.39 is 21.0 Å². The lowest BCUT2D eigenvalue weighted by molar-refractivity contribution is -0.117. The fraction of sp³-hybridized carbons (Fsp3) is 0.278. The van der Waals surface area contributed by atoms with Gasteiger partial charge in [-0.25, -0.2) is 8.42 Å². The van der Waals surface area contributed by atoms with Gasteiger partial charge in [-0.15, -0.1) is 5.10 Å². The normalized spacial score (nSPS) is 12.8. The molecule has 142 valence electrons. The lowest BCUT2D eigenvalue weighted by Gasteiger charge is -2.10. The molecule has 0 fully saturated rings. The van der Waals surface area contributed by atoms with E-state index in [-0.39, 0.29) is 19.6 Å². The van der Waals surface area contributed by atoms with Crippen LogP contribution in [0.25, 0.3) is 10.8 Å². The van der Waals surface area contributed by atoms with Crippen molar-refractivity contribution < 1.29 is 17.9 Å². The minimum Gasteiger partial charge on any atom is -0.487 e. The summed E-state index contributed by atoms with van der Waals surface area (Å²) in [5.74, 6) is -0.147. The molecule has 1 amide bonds.